The number of aryl methyl sites for hydroxylation is 1. The fourth-order valence-electron chi connectivity index (χ4n) is 1.57. The van der Waals surface area contributed by atoms with E-state index in [4.69, 9.17) is 11.5 Å². The van der Waals surface area contributed by atoms with Crippen LogP contribution in [0.1, 0.15) is 28.8 Å². The van der Waals surface area contributed by atoms with Gasteiger partial charge in [0.05, 0.1) is 5.54 Å². The van der Waals surface area contributed by atoms with Crippen molar-refractivity contribution in [3.63, 3.8) is 0 Å². The molecule has 1 saturated carbocycles. The van der Waals surface area contributed by atoms with Crippen LogP contribution in [0.25, 0.3) is 0 Å². The Balaban J connectivity index is 2.17. The van der Waals surface area contributed by atoms with Crippen LogP contribution >= 0.6 is 0 Å². The van der Waals surface area contributed by atoms with Gasteiger partial charge in [0.15, 0.2) is 0 Å². The van der Waals surface area contributed by atoms with Crippen LogP contribution in [0.4, 0.5) is 5.69 Å². The maximum absolute atomic E-state index is 11.7. The monoisotopic (exact) mass is 233 g/mol. The van der Waals surface area contributed by atoms with Gasteiger partial charge in [0.25, 0.3) is 0 Å². The number of nitrogens with one attached hydrogen (secondary N) is 1. The predicted molar refractivity (Wildman–Crippen MR) is 64.5 cm³/mol. The number of carbonyl (C=O) groups is 2. The van der Waals surface area contributed by atoms with Crippen LogP contribution in [0, 0.1) is 6.92 Å². The summed E-state index contributed by atoms with van der Waals surface area (Å²) in [7, 11) is 0. The number of rotatable bonds is 3. The lowest BCUT2D eigenvalue weighted by Gasteiger charge is -2.12. The van der Waals surface area contributed by atoms with Crippen molar-refractivity contribution in [1.29, 1.82) is 0 Å². The molecule has 0 saturated heterocycles. The third kappa shape index (κ3) is 2.29. The molecule has 1 aliphatic carbocycles. The highest BCUT2D eigenvalue weighted by atomic mass is 16.2. The average molecular weight is 233 g/mol. The molecule has 2 amide bonds. The van der Waals surface area contributed by atoms with Crippen LogP contribution in [0.15, 0.2) is 18.2 Å². The first-order valence-corrected chi connectivity index (χ1v) is 5.43. The van der Waals surface area contributed by atoms with Gasteiger partial charge in [-0.25, -0.2) is 0 Å². The Hall–Kier alpha value is -1.88. The molecule has 0 atom stereocenters. The van der Waals surface area contributed by atoms with Gasteiger partial charge in [-0.05, 0) is 43.5 Å². The SMILES string of the molecule is Cc1cc(C(N)=O)ccc1NC(=O)C1(N)CC1. The number of carbonyl (C=O) groups excluding carboxylic acids is 2. The number of primary amides is 1. The first-order valence-electron chi connectivity index (χ1n) is 5.43. The lowest BCUT2D eigenvalue weighted by atomic mass is 10.1. The normalized spacial score (nSPS) is 16.4. The van der Waals surface area contributed by atoms with Crippen LogP contribution in [0.2, 0.25) is 0 Å². The zero-order valence-corrected chi connectivity index (χ0v) is 9.62. The summed E-state index contributed by atoms with van der Waals surface area (Å²) in [5.74, 6) is -0.657. The molecule has 0 spiro atoms. The molecule has 1 fully saturated rings. The van der Waals surface area contributed by atoms with Crippen molar-refractivity contribution in [1.82, 2.24) is 0 Å². The first-order chi connectivity index (χ1) is 7.92. The van der Waals surface area contributed by atoms with Gasteiger partial charge in [0.2, 0.25) is 11.8 Å². The Morgan fingerprint density at radius 1 is 1.35 bits per heavy atom. The smallest absolute Gasteiger partial charge is 0.248 e. The molecule has 5 N–H and O–H groups in total. The maximum atomic E-state index is 11.7. The third-order valence-electron chi connectivity index (χ3n) is 3.00. The minimum Gasteiger partial charge on any atom is -0.366 e. The van der Waals surface area contributed by atoms with E-state index in [1.54, 1.807) is 25.1 Å². The Labute approximate surface area is 99.2 Å². The van der Waals surface area contributed by atoms with Gasteiger partial charge in [-0.1, -0.05) is 0 Å². The van der Waals surface area contributed by atoms with Gasteiger partial charge in [0.1, 0.15) is 0 Å². The van der Waals surface area contributed by atoms with Gasteiger partial charge in [-0.15, -0.1) is 0 Å². The molecule has 0 aliphatic heterocycles. The second-order valence-electron chi connectivity index (χ2n) is 4.50. The van der Waals surface area contributed by atoms with Crippen molar-refractivity contribution in [2.45, 2.75) is 25.3 Å². The summed E-state index contributed by atoms with van der Waals surface area (Å²) in [5, 5.41) is 2.76. The Bertz CT molecular complexity index is 493. The molecule has 0 aromatic heterocycles. The summed E-state index contributed by atoms with van der Waals surface area (Å²) >= 11 is 0. The van der Waals surface area contributed by atoms with Crippen molar-refractivity contribution in [2.75, 3.05) is 5.32 Å². The predicted octanol–water partition coefficient (Wildman–Crippen LogP) is 0.524. The van der Waals surface area contributed by atoms with Gasteiger partial charge < -0.3 is 16.8 Å². The summed E-state index contributed by atoms with van der Waals surface area (Å²) in [6.07, 6.45) is 1.44. The Morgan fingerprint density at radius 3 is 2.47 bits per heavy atom. The van der Waals surface area contributed by atoms with E-state index < -0.39 is 11.4 Å². The van der Waals surface area contributed by atoms with Crippen molar-refractivity contribution in [2.24, 2.45) is 11.5 Å². The van der Waals surface area contributed by atoms with Crippen LogP contribution in [0.5, 0.6) is 0 Å². The summed E-state index contributed by atoms with van der Waals surface area (Å²) in [6, 6.07) is 4.90. The number of amides is 2. The van der Waals surface area contributed by atoms with Crippen molar-refractivity contribution >= 4 is 17.5 Å². The molecule has 2 rings (SSSR count). The number of anilines is 1. The molecule has 1 aromatic carbocycles. The highest BCUT2D eigenvalue weighted by Crippen LogP contribution is 2.33. The molecule has 17 heavy (non-hydrogen) atoms. The molecule has 0 radical (unpaired) electrons. The molecule has 0 bridgehead atoms. The summed E-state index contributed by atoms with van der Waals surface area (Å²) in [5.41, 5.74) is 12.1. The van der Waals surface area contributed by atoms with E-state index in [1.807, 2.05) is 0 Å². The summed E-state index contributed by atoms with van der Waals surface area (Å²) in [4.78, 5) is 22.7. The third-order valence-corrected chi connectivity index (χ3v) is 3.00. The highest BCUT2D eigenvalue weighted by Gasteiger charge is 2.46. The first kappa shape index (κ1) is 11.6. The highest BCUT2D eigenvalue weighted by molar-refractivity contribution is 6.01. The van der Waals surface area contributed by atoms with E-state index in [2.05, 4.69) is 5.32 Å². The molecular weight excluding hydrogens is 218 g/mol. The number of benzene rings is 1. The van der Waals surface area contributed by atoms with E-state index >= 15 is 0 Å². The Kier molecular flexibility index (Phi) is 2.63. The molecule has 0 heterocycles. The van der Waals surface area contributed by atoms with Crippen molar-refractivity contribution in [3.8, 4) is 0 Å². The van der Waals surface area contributed by atoms with E-state index in [0.717, 1.165) is 18.4 Å². The van der Waals surface area contributed by atoms with Crippen LogP contribution in [-0.2, 0) is 4.79 Å². The minimum absolute atomic E-state index is 0.174. The van der Waals surface area contributed by atoms with Gasteiger partial charge in [-0.2, -0.15) is 0 Å². The second kappa shape index (κ2) is 3.85. The zero-order valence-electron chi connectivity index (χ0n) is 9.62. The number of hydrogen-bond donors (Lipinski definition) is 3. The fraction of sp³-hybridized carbons (Fsp3) is 0.333. The maximum Gasteiger partial charge on any atom is 0.248 e. The molecular formula is C12H15N3O2. The quantitative estimate of drug-likeness (QED) is 0.710. The molecule has 90 valence electrons. The van der Waals surface area contributed by atoms with Crippen molar-refractivity contribution in [3.05, 3.63) is 29.3 Å². The topological polar surface area (TPSA) is 98.2 Å². The lowest BCUT2D eigenvalue weighted by molar-refractivity contribution is -0.118. The van der Waals surface area contributed by atoms with E-state index in [9.17, 15) is 9.59 Å². The summed E-state index contributed by atoms with van der Waals surface area (Å²) < 4.78 is 0. The number of nitrogens with two attached hydrogens (primary N) is 2. The lowest BCUT2D eigenvalue weighted by Crippen LogP contribution is -2.38. The fourth-order valence-corrected chi connectivity index (χ4v) is 1.57. The molecule has 1 aromatic rings. The number of hydrogen-bond acceptors (Lipinski definition) is 3. The molecule has 5 nitrogen and oxygen atoms in total. The summed E-state index contributed by atoms with van der Waals surface area (Å²) in [6.45, 7) is 1.80. The molecule has 5 heteroatoms. The molecule has 0 unspecified atom stereocenters. The average Bonchev–Trinajstić information content (AvgIpc) is 3.00. The van der Waals surface area contributed by atoms with Crippen molar-refractivity contribution < 1.29 is 9.59 Å². The van der Waals surface area contributed by atoms with Gasteiger partial charge in [-0.3, -0.25) is 9.59 Å². The minimum atomic E-state index is -0.700. The standard InChI is InChI=1S/C12H15N3O2/c1-7-6-8(10(13)16)2-3-9(7)15-11(17)12(14)4-5-12/h2-3,6H,4-5,14H2,1H3,(H2,13,16)(H,15,17). The van der Waals surface area contributed by atoms with Gasteiger partial charge >= 0.3 is 0 Å². The van der Waals surface area contributed by atoms with E-state index in [-0.39, 0.29) is 5.91 Å². The van der Waals surface area contributed by atoms with Gasteiger partial charge in [0, 0.05) is 11.3 Å². The largest absolute Gasteiger partial charge is 0.366 e. The van der Waals surface area contributed by atoms with Crippen LogP contribution in [-0.4, -0.2) is 17.4 Å². The molecule has 1 aliphatic rings. The van der Waals surface area contributed by atoms with Crippen LogP contribution < -0.4 is 16.8 Å². The van der Waals surface area contributed by atoms with E-state index in [0.29, 0.717) is 11.3 Å². The second-order valence-corrected chi connectivity index (χ2v) is 4.50. The zero-order chi connectivity index (χ0) is 12.6. The van der Waals surface area contributed by atoms with Crippen LogP contribution in [0.3, 0.4) is 0 Å². The van der Waals surface area contributed by atoms with E-state index in [1.165, 1.54) is 0 Å². The Morgan fingerprint density at radius 2 is 2.00 bits per heavy atom.